The predicted octanol–water partition coefficient (Wildman–Crippen LogP) is 3.47. The van der Waals surface area contributed by atoms with E-state index in [9.17, 15) is 9.59 Å². The molecule has 2 heterocycles. The van der Waals surface area contributed by atoms with Crippen LogP contribution in [0.25, 0.3) is 17.2 Å². The summed E-state index contributed by atoms with van der Waals surface area (Å²) < 4.78 is 2.88. The summed E-state index contributed by atoms with van der Waals surface area (Å²) in [6.07, 6.45) is 0. The molecular formula is C21H18ClN5O2. The number of carbonyl (C=O) groups is 1. The fourth-order valence-electron chi connectivity index (χ4n) is 3.07. The fourth-order valence-corrected chi connectivity index (χ4v) is 3.24. The first-order chi connectivity index (χ1) is 13.9. The van der Waals surface area contributed by atoms with Crippen molar-refractivity contribution >= 4 is 29.0 Å². The zero-order valence-corrected chi connectivity index (χ0v) is 16.6. The lowest BCUT2D eigenvalue weighted by Gasteiger charge is -2.13. The molecule has 2 aromatic heterocycles. The summed E-state index contributed by atoms with van der Waals surface area (Å²) in [7, 11) is 0. The third kappa shape index (κ3) is 3.77. The van der Waals surface area contributed by atoms with Crippen LogP contribution in [0, 0.1) is 13.8 Å². The summed E-state index contributed by atoms with van der Waals surface area (Å²) in [5.41, 5.74) is 2.66. The van der Waals surface area contributed by atoms with Gasteiger partial charge in [0.2, 0.25) is 11.7 Å². The summed E-state index contributed by atoms with van der Waals surface area (Å²) in [4.78, 5) is 29.6. The van der Waals surface area contributed by atoms with Crippen LogP contribution in [0.15, 0.2) is 59.4 Å². The van der Waals surface area contributed by atoms with Crippen molar-refractivity contribution < 1.29 is 4.79 Å². The predicted molar refractivity (Wildman–Crippen MR) is 112 cm³/mol. The molecule has 1 N–H and O–H groups in total. The molecular weight excluding hydrogens is 390 g/mol. The smallest absolute Gasteiger partial charge is 0.275 e. The molecule has 4 rings (SSSR count). The molecule has 0 aliphatic heterocycles. The number of nitrogens with one attached hydrogen (secondary N) is 1. The molecule has 0 aliphatic rings. The van der Waals surface area contributed by atoms with Crippen molar-refractivity contribution in [2.45, 2.75) is 20.4 Å². The Labute approximate surface area is 171 Å². The lowest BCUT2D eigenvalue weighted by Crippen LogP contribution is -2.25. The van der Waals surface area contributed by atoms with Gasteiger partial charge in [-0.15, -0.1) is 5.10 Å². The molecule has 0 bridgehead atoms. The van der Waals surface area contributed by atoms with Gasteiger partial charge >= 0.3 is 0 Å². The van der Waals surface area contributed by atoms with Crippen LogP contribution >= 0.6 is 11.6 Å². The average molecular weight is 408 g/mol. The lowest BCUT2D eigenvalue weighted by molar-refractivity contribution is -0.116. The first-order valence-corrected chi connectivity index (χ1v) is 9.39. The first kappa shape index (κ1) is 18.9. The van der Waals surface area contributed by atoms with Crippen molar-refractivity contribution in [3.63, 3.8) is 0 Å². The van der Waals surface area contributed by atoms with Crippen LogP contribution in [0.5, 0.6) is 0 Å². The number of anilines is 1. The van der Waals surface area contributed by atoms with Gasteiger partial charge in [-0.05, 0) is 31.5 Å². The van der Waals surface area contributed by atoms with E-state index < -0.39 is 0 Å². The molecule has 0 saturated carbocycles. The highest BCUT2D eigenvalue weighted by Gasteiger charge is 2.16. The van der Waals surface area contributed by atoms with Crippen LogP contribution in [0.2, 0.25) is 5.02 Å². The number of halogens is 1. The molecule has 8 heteroatoms. The fraction of sp³-hybridized carbons (Fsp3) is 0.143. The number of hydrogen-bond donors (Lipinski definition) is 1. The van der Waals surface area contributed by atoms with E-state index in [0.717, 1.165) is 11.1 Å². The SMILES string of the molecule is Cc1ccc(Cl)cc1NC(=O)Cn1c(C)cc(=O)n2nc(-c3ccccc3)nc12. The molecule has 0 saturated heterocycles. The largest absolute Gasteiger partial charge is 0.324 e. The van der Waals surface area contributed by atoms with E-state index in [2.05, 4.69) is 15.4 Å². The van der Waals surface area contributed by atoms with E-state index in [1.165, 1.54) is 10.6 Å². The van der Waals surface area contributed by atoms with Gasteiger partial charge in [0.05, 0.1) is 0 Å². The summed E-state index contributed by atoms with van der Waals surface area (Å²) in [6.45, 7) is 3.63. The quantitative estimate of drug-likeness (QED) is 0.561. The van der Waals surface area contributed by atoms with Gasteiger partial charge < -0.3 is 9.88 Å². The van der Waals surface area contributed by atoms with Crippen LogP contribution < -0.4 is 10.9 Å². The van der Waals surface area contributed by atoms with Crippen molar-refractivity contribution in [1.29, 1.82) is 0 Å². The topological polar surface area (TPSA) is 81.3 Å². The summed E-state index contributed by atoms with van der Waals surface area (Å²) in [6, 6.07) is 16.1. The monoisotopic (exact) mass is 407 g/mol. The molecule has 4 aromatic rings. The van der Waals surface area contributed by atoms with Crippen LogP contribution in [0.3, 0.4) is 0 Å². The Balaban J connectivity index is 1.71. The van der Waals surface area contributed by atoms with Gasteiger partial charge in [0.25, 0.3) is 5.56 Å². The van der Waals surface area contributed by atoms with E-state index in [1.807, 2.05) is 43.3 Å². The standard InChI is InChI=1S/C21H18ClN5O2/c1-13-8-9-16(22)11-17(13)23-18(28)12-26-14(2)10-19(29)27-21(26)24-20(25-27)15-6-4-3-5-7-15/h3-11H,12H2,1-2H3,(H,23,28). The molecule has 0 radical (unpaired) electrons. The van der Waals surface area contributed by atoms with E-state index in [-0.39, 0.29) is 18.0 Å². The molecule has 0 unspecified atom stereocenters. The Kier molecular flexibility index (Phi) is 4.90. The highest BCUT2D eigenvalue weighted by molar-refractivity contribution is 6.31. The van der Waals surface area contributed by atoms with Gasteiger partial charge in [-0.3, -0.25) is 9.59 Å². The molecule has 2 aromatic carbocycles. The zero-order valence-electron chi connectivity index (χ0n) is 15.9. The molecule has 0 atom stereocenters. The number of amides is 1. The maximum absolute atomic E-state index is 12.7. The van der Waals surface area contributed by atoms with Crippen molar-refractivity contribution in [3.05, 3.63) is 81.2 Å². The van der Waals surface area contributed by atoms with Gasteiger partial charge in [-0.25, -0.2) is 0 Å². The molecule has 29 heavy (non-hydrogen) atoms. The number of nitrogens with zero attached hydrogens (tertiary/aromatic N) is 4. The summed E-state index contributed by atoms with van der Waals surface area (Å²) in [5, 5.41) is 7.73. The van der Waals surface area contributed by atoms with Crippen molar-refractivity contribution in [2.24, 2.45) is 0 Å². The third-order valence-corrected chi connectivity index (χ3v) is 4.84. The number of carbonyl (C=O) groups excluding carboxylic acids is 1. The minimum atomic E-state index is -0.297. The average Bonchev–Trinajstić information content (AvgIpc) is 3.15. The molecule has 146 valence electrons. The number of fused-ring (bicyclic) bond motifs is 1. The maximum atomic E-state index is 12.7. The number of aromatic nitrogens is 4. The minimum Gasteiger partial charge on any atom is -0.324 e. The van der Waals surface area contributed by atoms with Gasteiger partial charge in [0.15, 0.2) is 5.82 Å². The Morgan fingerprint density at radius 1 is 1.10 bits per heavy atom. The molecule has 0 aliphatic carbocycles. The normalized spacial score (nSPS) is 11.0. The Bertz CT molecular complexity index is 1280. The Morgan fingerprint density at radius 2 is 1.86 bits per heavy atom. The van der Waals surface area contributed by atoms with Crippen LogP contribution in [0.4, 0.5) is 5.69 Å². The Hall–Kier alpha value is -3.45. The van der Waals surface area contributed by atoms with Crippen LogP contribution in [0.1, 0.15) is 11.3 Å². The second-order valence-electron chi connectivity index (χ2n) is 6.73. The minimum absolute atomic E-state index is 0.0194. The van der Waals surface area contributed by atoms with Gasteiger partial charge in [-0.1, -0.05) is 48.0 Å². The van der Waals surface area contributed by atoms with E-state index in [0.29, 0.717) is 28.0 Å². The Morgan fingerprint density at radius 3 is 2.62 bits per heavy atom. The van der Waals surface area contributed by atoms with Crippen molar-refractivity contribution in [2.75, 3.05) is 5.32 Å². The second-order valence-corrected chi connectivity index (χ2v) is 7.17. The van der Waals surface area contributed by atoms with E-state index in [4.69, 9.17) is 11.6 Å². The molecule has 7 nitrogen and oxygen atoms in total. The third-order valence-electron chi connectivity index (χ3n) is 4.61. The lowest BCUT2D eigenvalue weighted by atomic mass is 10.2. The van der Waals surface area contributed by atoms with Gasteiger partial charge in [0, 0.05) is 28.0 Å². The van der Waals surface area contributed by atoms with Crippen molar-refractivity contribution in [3.8, 4) is 11.4 Å². The highest BCUT2D eigenvalue weighted by atomic mass is 35.5. The van der Waals surface area contributed by atoms with Gasteiger partial charge in [-0.2, -0.15) is 9.50 Å². The number of benzene rings is 2. The summed E-state index contributed by atoms with van der Waals surface area (Å²) in [5.74, 6) is 0.480. The molecule has 0 fully saturated rings. The molecule has 0 spiro atoms. The number of rotatable bonds is 4. The van der Waals surface area contributed by atoms with Crippen LogP contribution in [-0.4, -0.2) is 25.1 Å². The van der Waals surface area contributed by atoms with E-state index in [1.54, 1.807) is 23.6 Å². The summed E-state index contributed by atoms with van der Waals surface area (Å²) >= 11 is 6.03. The highest BCUT2D eigenvalue weighted by Crippen LogP contribution is 2.20. The second kappa shape index (κ2) is 7.52. The van der Waals surface area contributed by atoms with Crippen LogP contribution in [-0.2, 0) is 11.3 Å². The van der Waals surface area contributed by atoms with Gasteiger partial charge in [0.1, 0.15) is 6.54 Å². The van der Waals surface area contributed by atoms with E-state index >= 15 is 0 Å². The zero-order chi connectivity index (χ0) is 20.5. The molecule has 1 amide bonds. The first-order valence-electron chi connectivity index (χ1n) is 9.01. The maximum Gasteiger partial charge on any atom is 0.275 e. The van der Waals surface area contributed by atoms with Crippen molar-refractivity contribution in [1.82, 2.24) is 19.2 Å². The number of aryl methyl sites for hydroxylation is 2. The number of hydrogen-bond acceptors (Lipinski definition) is 4.